The Balaban J connectivity index is 2.38. The highest BCUT2D eigenvalue weighted by Crippen LogP contribution is 2.24. The van der Waals surface area contributed by atoms with Crippen molar-refractivity contribution in [3.8, 4) is 0 Å². The van der Waals surface area contributed by atoms with Crippen molar-refractivity contribution in [3.63, 3.8) is 0 Å². The SMILES string of the molecule is CC[C@@H](C)NC(=O)[C@@H](CC)N(Cc1ccc(Cl)cc1Cl)C(=O)Cc1cc(C)ccc1C. The van der Waals surface area contributed by atoms with E-state index in [1.165, 1.54) is 0 Å². The maximum atomic E-state index is 13.5. The van der Waals surface area contributed by atoms with E-state index in [2.05, 4.69) is 5.32 Å². The van der Waals surface area contributed by atoms with Crippen LogP contribution in [-0.4, -0.2) is 28.8 Å². The second-order valence-corrected chi connectivity index (χ2v) is 8.95. The molecule has 4 nitrogen and oxygen atoms in total. The second-order valence-electron chi connectivity index (χ2n) is 8.11. The van der Waals surface area contributed by atoms with Crippen LogP contribution >= 0.6 is 23.2 Å². The highest BCUT2D eigenvalue weighted by Gasteiger charge is 2.30. The fraction of sp³-hybridized carbons (Fsp3) is 0.440. The molecule has 0 aromatic heterocycles. The first kappa shape index (κ1) is 25.2. The minimum Gasteiger partial charge on any atom is -0.352 e. The number of nitrogens with one attached hydrogen (secondary N) is 1. The van der Waals surface area contributed by atoms with Crippen LogP contribution in [0.2, 0.25) is 10.0 Å². The summed E-state index contributed by atoms with van der Waals surface area (Å²) in [5.41, 5.74) is 3.88. The maximum Gasteiger partial charge on any atom is 0.243 e. The number of carbonyl (C=O) groups is 2. The van der Waals surface area contributed by atoms with Gasteiger partial charge in [0.05, 0.1) is 6.42 Å². The second kappa shape index (κ2) is 11.5. The number of aryl methyl sites for hydroxylation is 2. The number of carbonyl (C=O) groups excluding carboxylic acids is 2. The molecule has 31 heavy (non-hydrogen) atoms. The molecule has 2 rings (SSSR count). The molecule has 0 unspecified atom stereocenters. The average molecular weight is 463 g/mol. The highest BCUT2D eigenvalue weighted by molar-refractivity contribution is 6.35. The van der Waals surface area contributed by atoms with Crippen molar-refractivity contribution in [2.75, 3.05) is 0 Å². The van der Waals surface area contributed by atoms with Crippen molar-refractivity contribution < 1.29 is 9.59 Å². The molecule has 0 bridgehead atoms. The predicted octanol–water partition coefficient (Wildman–Crippen LogP) is 5.87. The van der Waals surface area contributed by atoms with Crippen LogP contribution in [0.3, 0.4) is 0 Å². The molecular formula is C25H32Cl2N2O2. The van der Waals surface area contributed by atoms with E-state index in [0.29, 0.717) is 16.5 Å². The van der Waals surface area contributed by atoms with E-state index in [-0.39, 0.29) is 30.8 Å². The van der Waals surface area contributed by atoms with Gasteiger partial charge in [0, 0.05) is 22.6 Å². The monoisotopic (exact) mass is 462 g/mol. The van der Waals surface area contributed by atoms with E-state index in [9.17, 15) is 9.59 Å². The van der Waals surface area contributed by atoms with E-state index in [1.54, 1.807) is 17.0 Å². The zero-order valence-corrected chi connectivity index (χ0v) is 20.5. The smallest absolute Gasteiger partial charge is 0.243 e. The molecule has 2 atom stereocenters. The molecule has 168 valence electrons. The molecule has 6 heteroatoms. The Kier molecular flexibility index (Phi) is 9.39. The van der Waals surface area contributed by atoms with E-state index in [4.69, 9.17) is 23.2 Å². The Bertz CT molecular complexity index is 930. The fourth-order valence-electron chi connectivity index (χ4n) is 3.45. The molecule has 0 heterocycles. The number of benzene rings is 2. The van der Waals surface area contributed by atoms with E-state index in [0.717, 1.165) is 28.7 Å². The lowest BCUT2D eigenvalue weighted by Gasteiger charge is -2.32. The Labute approximate surface area is 195 Å². The summed E-state index contributed by atoms with van der Waals surface area (Å²) in [7, 11) is 0. The number of amides is 2. The molecule has 0 aliphatic carbocycles. The van der Waals surface area contributed by atoms with Crippen molar-refractivity contribution in [2.24, 2.45) is 0 Å². The summed E-state index contributed by atoms with van der Waals surface area (Å²) in [5, 5.41) is 4.03. The lowest BCUT2D eigenvalue weighted by Crippen LogP contribution is -2.51. The van der Waals surface area contributed by atoms with Crippen LogP contribution in [0.15, 0.2) is 36.4 Å². The van der Waals surface area contributed by atoms with Crippen LogP contribution in [0.4, 0.5) is 0 Å². The summed E-state index contributed by atoms with van der Waals surface area (Å²) >= 11 is 12.4. The Morgan fingerprint density at radius 1 is 1.00 bits per heavy atom. The van der Waals surface area contributed by atoms with Crippen LogP contribution in [0, 0.1) is 13.8 Å². The molecular weight excluding hydrogens is 431 g/mol. The number of halogens is 2. The molecule has 0 aliphatic rings. The van der Waals surface area contributed by atoms with Crippen molar-refractivity contribution in [3.05, 3.63) is 68.7 Å². The van der Waals surface area contributed by atoms with Crippen molar-refractivity contribution in [2.45, 2.75) is 72.5 Å². The zero-order valence-electron chi connectivity index (χ0n) is 19.0. The van der Waals surface area contributed by atoms with Crippen LogP contribution in [0.25, 0.3) is 0 Å². The van der Waals surface area contributed by atoms with Gasteiger partial charge in [-0.05, 0) is 62.4 Å². The van der Waals surface area contributed by atoms with Crippen LogP contribution < -0.4 is 5.32 Å². The number of hydrogen-bond acceptors (Lipinski definition) is 2. The normalized spacial score (nSPS) is 12.9. The van der Waals surface area contributed by atoms with Gasteiger partial charge in [-0.15, -0.1) is 0 Å². The van der Waals surface area contributed by atoms with Crippen molar-refractivity contribution >= 4 is 35.0 Å². The first-order chi connectivity index (χ1) is 14.7. The number of hydrogen-bond donors (Lipinski definition) is 1. The summed E-state index contributed by atoms with van der Waals surface area (Å²) in [6.45, 7) is 10.1. The van der Waals surface area contributed by atoms with Gasteiger partial charge in [0.1, 0.15) is 6.04 Å². The molecule has 0 fully saturated rings. The Hall–Kier alpha value is -2.04. The Morgan fingerprint density at radius 3 is 2.32 bits per heavy atom. The minimum absolute atomic E-state index is 0.0386. The maximum absolute atomic E-state index is 13.5. The predicted molar refractivity (Wildman–Crippen MR) is 129 cm³/mol. The van der Waals surface area contributed by atoms with Gasteiger partial charge >= 0.3 is 0 Å². The molecule has 1 N–H and O–H groups in total. The number of nitrogens with zero attached hydrogens (tertiary/aromatic N) is 1. The van der Waals surface area contributed by atoms with Gasteiger partial charge in [-0.1, -0.05) is 66.9 Å². The largest absolute Gasteiger partial charge is 0.352 e. The summed E-state index contributed by atoms with van der Waals surface area (Å²) in [5.74, 6) is -0.248. The summed E-state index contributed by atoms with van der Waals surface area (Å²) in [6.07, 6.45) is 1.56. The lowest BCUT2D eigenvalue weighted by molar-refractivity contribution is -0.141. The van der Waals surface area contributed by atoms with Gasteiger partial charge in [-0.3, -0.25) is 9.59 Å². The summed E-state index contributed by atoms with van der Waals surface area (Å²) < 4.78 is 0. The molecule has 0 saturated carbocycles. The van der Waals surface area contributed by atoms with Gasteiger partial charge in [0.2, 0.25) is 11.8 Å². The standard InChI is InChI=1S/C25H32Cl2N2O2/c1-6-18(5)28-25(31)23(7-2)29(15-19-10-11-21(26)14-22(19)27)24(30)13-20-12-16(3)8-9-17(20)4/h8-12,14,18,23H,6-7,13,15H2,1-5H3,(H,28,31)/t18-,23-/m1/s1. The fourth-order valence-corrected chi connectivity index (χ4v) is 3.92. The third-order valence-corrected chi connectivity index (χ3v) is 6.18. The van der Waals surface area contributed by atoms with Gasteiger partial charge < -0.3 is 10.2 Å². The molecule has 0 spiro atoms. The van der Waals surface area contributed by atoms with E-state index in [1.807, 2.05) is 58.9 Å². The zero-order chi connectivity index (χ0) is 23.1. The van der Waals surface area contributed by atoms with Gasteiger partial charge in [-0.25, -0.2) is 0 Å². The van der Waals surface area contributed by atoms with Crippen LogP contribution in [-0.2, 0) is 22.6 Å². The topological polar surface area (TPSA) is 49.4 Å². The van der Waals surface area contributed by atoms with Gasteiger partial charge in [0.25, 0.3) is 0 Å². The molecule has 2 aromatic rings. The average Bonchev–Trinajstić information content (AvgIpc) is 2.71. The highest BCUT2D eigenvalue weighted by atomic mass is 35.5. The van der Waals surface area contributed by atoms with E-state index < -0.39 is 6.04 Å². The Morgan fingerprint density at radius 2 is 1.71 bits per heavy atom. The molecule has 2 amide bonds. The third-order valence-electron chi connectivity index (χ3n) is 5.59. The minimum atomic E-state index is -0.585. The lowest BCUT2D eigenvalue weighted by atomic mass is 10.0. The van der Waals surface area contributed by atoms with Crippen LogP contribution in [0.1, 0.15) is 55.9 Å². The molecule has 0 radical (unpaired) electrons. The number of rotatable bonds is 9. The quantitative estimate of drug-likeness (QED) is 0.505. The summed E-state index contributed by atoms with van der Waals surface area (Å²) in [4.78, 5) is 28.2. The third kappa shape index (κ3) is 6.98. The first-order valence-electron chi connectivity index (χ1n) is 10.8. The van der Waals surface area contributed by atoms with Crippen LogP contribution in [0.5, 0.6) is 0 Å². The van der Waals surface area contributed by atoms with Gasteiger partial charge in [0.15, 0.2) is 0 Å². The summed E-state index contributed by atoms with van der Waals surface area (Å²) in [6, 6.07) is 10.7. The first-order valence-corrected chi connectivity index (χ1v) is 11.5. The van der Waals surface area contributed by atoms with Crippen molar-refractivity contribution in [1.29, 1.82) is 0 Å². The molecule has 0 aliphatic heterocycles. The molecule has 2 aromatic carbocycles. The van der Waals surface area contributed by atoms with Crippen molar-refractivity contribution in [1.82, 2.24) is 10.2 Å². The molecule has 0 saturated heterocycles. The van der Waals surface area contributed by atoms with Gasteiger partial charge in [-0.2, -0.15) is 0 Å². The van der Waals surface area contributed by atoms with E-state index >= 15 is 0 Å².